The normalized spacial score (nSPS) is 9.89. The predicted molar refractivity (Wildman–Crippen MR) is 79.9 cm³/mol. The molecule has 1 radical (unpaired) electrons. The Morgan fingerprint density at radius 3 is 1.78 bits per heavy atom. The molecule has 1 nitrogen and oxygen atoms in total. The van der Waals surface area contributed by atoms with Gasteiger partial charge in [0.05, 0.1) is 0 Å². The first-order chi connectivity index (χ1) is 8.91. The smallest absolute Gasteiger partial charge is 0.145 e. The lowest BCUT2D eigenvalue weighted by Crippen LogP contribution is -1.82. The van der Waals surface area contributed by atoms with E-state index in [0.29, 0.717) is 0 Å². The fourth-order valence-electron chi connectivity index (χ4n) is 2.03. The van der Waals surface area contributed by atoms with Crippen LogP contribution >= 0.6 is 0 Å². The summed E-state index contributed by atoms with van der Waals surface area (Å²) in [5, 5.41) is 0. The summed E-state index contributed by atoms with van der Waals surface area (Å²) in [5.41, 5.74) is 0. The highest BCUT2D eigenvalue weighted by molar-refractivity contribution is 4.91. The molecule has 18 heavy (non-hydrogen) atoms. The van der Waals surface area contributed by atoms with Crippen molar-refractivity contribution in [2.45, 2.75) is 90.9 Å². The highest BCUT2D eigenvalue weighted by Gasteiger charge is 1.92. The standard InChI is InChI=1S/C17H31O/c1-3-5-6-7-8-9-10-11-12-13-14-15-16-17-18-4-2/h4H,3,5-15H2,1-2H3. The van der Waals surface area contributed by atoms with Gasteiger partial charge in [0.2, 0.25) is 0 Å². The van der Waals surface area contributed by atoms with E-state index >= 15 is 0 Å². The lowest BCUT2D eigenvalue weighted by atomic mass is 10.1. The van der Waals surface area contributed by atoms with Crippen molar-refractivity contribution in [2.75, 3.05) is 0 Å². The van der Waals surface area contributed by atoms with Gasteiger partial charge in [0, 0.05) is 6.42 Å². The van der Waals surface area contributed by atoms with E-state index in [1.165, 1.54) is 70.6 Å². The maximum Gasteiger partial charge on any atom is 0.145 e. The third-order valence-corrected chi connectivity index (χ3v) is 3.15. The molecular formula is C17H31O. The number of unbranched alkanes of at least 4 members (excludes halogenated alkanes) is 11. The van der Waals surface area contributed by atoms with Crippen LogP contribution in [0.5, 0.6) is 0 Å². The zero-order chi connectivity index (χ0) is 13.3. The summed E-state index contributed by atoms with van der Waals surface area (Å²) in [7, 11) is 0. The molecule has 0 aliphatic rings. The molecule has 0 atom stereocenters. The lowest BCUT2D eigenvalue weighted by molar-refractivity contribution is 0.374. The van der Waals surface area contributed by atoms with E-state index in [1.807, 2.05) is 6.92 Å². The van der Waals surface area contributed by atoms with E-state index < -0.39 is 0 Å². The van der Waals surface area contributed by atoms with Crippen LogP contribution in [0.4, 0.5) is 0 Å². The molecule has 1 heteroatoms. The number of rotatable bonds is 12. The molecule has 0 saturated heterocycles. The van der Waals surface area contributed by atoms with Gasteiger partial charge in [-0.2, -0.15) is 0 Å². The van der Waals surface area contributed by atoms with Gasteiger partial charge < -0.3 is 4.74 Å². The maximum atomic E-state index is 4.85. The van der Waals surface area contributed by atoms with E-state index in [-0.39, 0.29) is 0 Å². The molecular weight excluding hydrogens is 220 g/mol. The molecule has 0 aromatic carbocycles. The summed E-state index contributed by atoms with van der Waals surface area (Å²) in [6, 6.07) is 0. The Morgan fingerprint density at radius 2 is 1.28 bits per heavy atom. The van der Waals surface area contributed by atoms with Crippen LogP contribution in [0.2, 0.25) is 0 Å². The van der Waals surface area contributed by atoms with Crippen molar-refractivity contribution in [1.82, 2.24) is 0 Å². The molecule has 0 bridgehead atoms. The second-order valence-corrected chi connectivity index (χ2v) is 4.92. The molecule has 0 aliphatic heterocycles. The Balaban J connectivity index is 2.97. The largest absolute Gasteiger partial charge is 0.440 e. The molecule has 0 saturated carbocycles. The molecule has 0 heterocycles. The first kappa shape index (κ1) is 17.4. The lowest BCUT2D eigenvalue weighted by Gasteiger charge is -2.01. The van der Waals surface area contributed by atoms with Gasteiger partial charge in [-0.25, -0.2) is 0 Å². The van der Waals surface area contributed by atoms with Crippen LogP contribution in [-0.2, 0) is 4.74 Å². The predicted octanol–water partition coefficient (Wildman–Crippen LogP) is 5.85. The number of hydrogen-bond donors (Lipinski definition) is 0. The Hall–Kier alpha value is -0.640. The SMILES string of the molecule is C[CH]OC#CCCCCCCCCCCCCC. The summed E-state index contributed by atoms with van der Waals surface area (Å²) in [4.78, 5) is 0. The van der Waals surface area contributed by atoms with Crippen LogP contribution in [0.25, 0.3) is 0 Å². The van der Waals surface area contributed by atoms with Crippen LogP contribution in [-0.4, -0.2) is 0 Å². The number of hydrogen-bond acceptors (Lipinski definition) is 1. The average Bonchev–Trinajstić information content (AvgIpc) is 2.39. The Kier molecular flexibility index (Phi) is 15.8. The van der Waals surface area contributed by atoms with Gasteiger partial charge >= 0.3 is 0 Å². The molecule has 0 spiro atoms. The topological polar surface area (TPSA) is 9.23 Å². The van der Waals surface area contributed by atoms with Crippen molar-refractivity contribution in [3.8, 4) is 12.0 Å². The molecule has 0 aromatic rings. The van der Waals surface area contributed by atoms with E-state index in [0.717, 1.165) is 6.42 Å². The fraction of sp³-hybridized carbons (Fsp3) is 0.824. The third-order valence-electron chi connectivity index (χ3n) is 3.15. The first-order valence-corrected chi connectivity index (χ1v) is 7.83. The highest BCUT2D eigenvalue weighted by atomic mass is 16.5. The van der Waals surface area contributed by atoms with E-state index in [2.05, 4.69) is 19.0 Å². The second-order valence-electron chi connectivity index (χ2n) is 4.92. The minimum Gasteiger partial charge on any atom is -0.440 e. The zero-order valence-corrected chi connectivity index (χ0v) is 12.5. The van der Waals surface area contributed by atoms with Gasteiger partial charge in [0.1, 0.15) is 12.7 Å². The molecule has 0 aromatic heterocycles. The van der Waals surface area contributed by atoms with E-state index in [4.69, 9.17) is 4.74 Å². The quantitative estimate of drug-likeness (QED) is 0.312. The Labute approximate surface area is 115 Å². The van der Waals surface area contributed by atoms with Gasteiger partial charge in [0.15, 0.2) is 0 Å². The van der Waals surface area contributed by atoms with Crippen molar-refractivity contribution in [2.24, 2.45) is 0 Å². The van der Waals surface area contributed by atoms with Crippen LogP contribution in [0.3, 0.4) is 0 Å². The first-order valence-electron chi connectivity index (χ1n) is 7.83. The van der Waals surface area contributed by atoms with Crippen molar-refractivity contribution in [1.29, 1.82) is 0 Å². The number of ether oxygens (including phenoxy) is 1. The minimum atomic E-state index is 0.977. The Morgan fingerprint density at radius 1 is 0.778 bits per heavy atom. The van der Waals surface area contributed by atoms with E-state index in [1.54, 1.807) is 6.61 Å². The summed E-state index contributed by atoms with van der Waals surface area (Å²) < 4.78 is 4.85. The molecule has 0 rings (SSSR count). The minimum absolute atomic E-state index is 0.977. The van der Waals surface area contributed by atoms with Gasteiger partial charge in [-0.1, -0.05) is 77.1 Å². The monoisotopic (exact) mass is 251 g/mol. The highest BCUT2D eigenvalue weighted by Crippen LogP contribution is 2.11. The van der Waals surface area contributed by atoms with Crippen LogP contribution in [0.15, 0.2) is 0 Å². The molecule has 105 valence electrons. The second kappa shape index (κ2) is 16.4. The third kappa shape index (κ3) is 15.4. The van der Waals surface area contributed by atoms with Crippen molar-refractivity contribution >= 4 is 0 Å². The van der Waals surface area contributed by atoms with Gasteiger partial charge in [0.25, 0.3) is 0 Å². The van der Waals surface area contributed by atoms with Crippen LogP contribution in [0, 0.1) is 18.6 Å². The van der Waals surface area contributed by atoms with Crippen molar-refractivity contribution in [3.05, 3.63) is 6.61 Å². The molecule has 0 N–H and O–H groups in total. The summed E-state index contributed by atoms with van der Waals surface area (Å²) >= 11 is 0. The molecule has 0 aliphatic carbocycles. The zero-order valence-electron chi connectivity index (χ0n) is 12.5. The summed E-state index contributed by atoms with van der Waals surface area (Å²) in [6.45, 7) is 5.74. The molecule has 0 unspecified atom stereocenters. The van der Waals surface area contributed by atoms with Gasteiger partial charge in [-0.3, -0.25) is 0 Å². The van der Waals surface area contributed by atoms with Crippen LogP contribution < -0.4 is 0 Å². The summed E-state index contributed by atoms with van der Waals surface area (Å²) in [5.74, 6) is 3.01. The fourth-order valence-corrected chi connectivity index (χ4v) is 2.03. The molecule has 0 fully saturated rings. The van der Waals surface area contributed by atoms with Gasteiger partial charge in [-0.15, -0.1) is 0 Å². The molecule has 0 amide bonds. The average molecular weight is 251 g/mol. The maximum absolute atomic E-state index is 4.85. The van der Waals surface area contributed by atoms with Gasteiger partial charge in [-0.05, 0) is 13.3 Å². The van der Waals surface area contributed by atoms with Crippen LogP contribution in [0.1, 0.15) is 90.9 Å². The van der Waals surface area contributed by atoms with E-state index in [9.17, 15) is 0 Å². The Bertz CT molecular complexity index is 199. The van der Waals surface area contributed by atoms with Crippen molar-refractivity contribution < 1.29 is 4.74 Å². The van der Waals surface area contributed by atoms with Crippen molar-refractivity contribution in [3.63, 3.8) is 0 Å². The summed E-state index contributed by atoms with van der Waals surface area (Å²) in [6.07, 6.45) is 18.9.